The van der Waals surface area contributed by atoms with Crippen molar-refractivity contribution in [3.8, 4) is 5.88 Å². The first-order chi connectivity index (χ1) is 8.33. The Labute approximate surface area is 104 Å². The summed E-state index contributed by atoms with van der Waals surface area (Å²) in [6.45, 7) is 0. The number of nitrogens with zero attached hydrogens (tertiary/aromatic N) is 2. The number of fused-ring (bicyclic) bond motifs is 1. The molecule has 1 aliphatic rings. The third-order valence-corrected chi connectivity index (χ3v) is 4.10. The fraction of sp³-hybridized carbons (Fsp3) is 0.500. The van der Waals surface area contributed by atoms with Crippen molar-refractivity contribution in [1.82, 2.24) is 9.97 Å². The number of ether oxygens (including phenoxy) is 1. The second-order valence-electron chi connectivity index (χ2n) is 4.47. The van der Waals surface area contributed by atoms with E-state index in [0.29, 0.717) is 6.04 Å². The monoisotopic (exact) mass is 249 g/mol. The van der Waals surface area contributed by atoms with Crippen LogP contribution in [0.2, 0.25) is 0 Å². The molecule has 2 N–H and O–H groups in total. The first-order valence-electron chi connectivity index (χ1n) is 5.93. The predicted molar refractivity (Wildman–Crippen MR) is 68.3 cm³/mol. The van der Waals surface area contributed by atoms with Gasteiger partial charge in [0.05, 0.1) is 5.52 Å². The van der Waals surface area contributed by atoms with Gasteiger partial charge in [0.15, 0.2) is 0 Å². The molecule has 1 saturated carbocycles. The molecular formula is C12H15N3OS. The van der Waals surface area contributed by atoms with E-state index in [2.05, 4.69) is 9.97 Å². The molecule has 0 saturated heterocycles. The van der Waals surface area contributed by atoms with Gasteiger partial charge in [-0.2, -0.15) is 0 Å². The van der Waals surface area contributed by atoms with Crippen LogP contribution in [-0.2, 0) is 0 Å². The van der Waals surface area contributed by atoms with E-state index in [0.717, 1.165) is 41.8 Å². The van der Waals surface area contributed by atoms with Gasteiger partial charge >= 0.3 is 0 Å². The summed E-state index contributed by atoms with van der Waals surface area (Å²) in [7, 11) is 0. The zero-order valence-electron chi connectivity index (χ0n) is 9.50. The molecule has 0 aliphatic heterocycles. The Hall–Kier alpha value is -1.20. The van der Waals surface area contributed by atoms with Crippen molar-refractivity contribution in [2.45, 2.75) is 37.8 Å². The molecule has 1 aliphatic carbocycles. The van der Waals surface area contributed by atoms with E-state index in [-0.39, 0.29) is 6.10 Å². The maximum Gasteiger partial charge on any atom is 0.235 e. The van der Waals surface area contributed by atoms with Gasteiger partial charge in [-0.1, -0.05) is 0 Å². The predicted octanol–water partition coefficient (Wildman–Crippen LogP) is 2.34. The molecule has 90 valence electrons. The fourth-order valence-corrected chi connectivity index (χ4v) is 2.99. The molecular weight excluding hydrogens is 234 g/mol. The average molecular weight is 249 g/mol. The third kappa shape index (κ3) is 2.25. The maximum absolute atomic E-state index is 5.98. The molecule has 4 nitrogen and oxygen atoms in total. The minimum absolute atomic E-state index is 0.259. The molecule has 0 unspecified atom stereocenters. The van der Waals surface area contributed by atoms with Crippen LogP contribution in [0.5, 0.6) is 5.88 Å². The molecule has 0 atom stereocenters. The highest BCUT2D eigenvalue weighted by Crippen LogP contribution is 2.29. The lowest BCUT2D eigenvalue weighted by molar-refractivity contribution is 0.143. The van der Waals surface area contributed by atoms with E-state index < -0.39 is 0 Å². The normalized spacial score (nSPS) is 25.0. The van der Waals surface area contributed by atoms with Crippen molar-refractivity contribution in [3.05, 3.63) is 17.8 Å². The minimum atomic E-state index is 0.259. The zero-order chi connectivity index (χ0) is 11.7. The van der Waals surface area contributed by atoms with Crippen LogP contribution >= 0.6 is 11.3 Å². The highest BCUT2D eigenvalue weighted by atomic mass is 32.1. The Morgan fingerprint density at radius 2 is 2.06 bits per heavy atom. The van der Waals surface area contributed by atoms with Gasteiger partial charge in [0.2, 0.25) is 5.88 Å². The molecule has 0 amide bonds. The third-order valence-electron chi connectivity index (χ3n) is 3.21. The van der Waals surface area contributed by atoms with Crippen molar-refractivity contribution in [3.63, 3.8) is 0 Å². The topological polar surface area (TPSA) is 61.0 Å². The fourth-order valence-electron chi connectivity index (χ4n) is 2.21. The van der Waals surface area contributed by atoms with Crippen molar-refractivity contribution >= 4 is 21.6 Å². The largest absolute Gasteiger partial charge is 0.473 e. The summed E-state index contributed by atoms with van der Waals surface area (Å²) in [5, 5.41) is 2.02. The molecule has 0 aromatic carbocycles. The summed E-state index contributed by atoms with van der Waals surface area (Å²) < 4.78 is 7.02. The molecule has 2 aromatic heterocycles. The first kappa shape index (κ1) is 10.9. The second kappa shape index (κ2) is 4.58. The number of aromatic nitrogens is 2. The highest BCUT2D eigenvalue weighted by molar-refractivity contribution is 7.17. The van der Waals surface area contributed by atoms with Crippen molar-refractivity contribution in [2.24, 2.45) is 5.73 Å². The van der Waals surface area contributed by atoms with Crippen molar-refractivity contribution in [1.29, 1.82) is 0 Å². The summed E-state index contributed by atoms with van der Waals surface area (Å²) in [6.07, 6.45) is 5.97. The van der Waals surface area contributed by atoms with Crippen molar-refractivity contribution < 1.29 is 4.74 Å². The minimum Gasteiger partial charge on any atom is -0.473 e. The Balaban J connectivity index is 1.78. The Morgan fingerprint density at radius 3 is 2.88 bits per heavy atom. The van der Waals surface area contributed by atoms with Gasteiger partial charge in [0.25, 0.3) is 0 Å². The summed E-state index contributed by atoms with van der Waals surface area (Å²) in [4.78, 5) is 8.44. The average Bonchev–Trinajstić information content (AvgIpc) is 2.81. The molecule has 2 heterocycles. The second-order valence-corrected chi connectivity index (χ2v) is 5.38. The lowest BCUT2D eigenvalue weighted by atomic mass is 9.94. The van der Waals surface area contributed by atoms with Crippen LogP contribution in [-0.4, -0.2) is 22.1 Å². The molecule has 5 heteroatoms. The standard InChI is InChI=1S/C12H15N3OS/c13-8-1-3-9(4-2-8)16-12-11-10(5-6-17-11)14-7-15-12/h5-9H,1-4,13H2. The summed E-state index contributed by atoms with van der Waals surface area (Å²) in [5.74, 6) is 0.727. The van der Waals surface area contributed by atoms with Crippen molar-refractivity contribution in [2.75, 3.05) is 0 Å². The summed E-state index contributed by atoms with van der Waals surface area (Å²) in [5.41, 5.74) is 6.85. The Bertz CT molecular complexity index is 505. The molecule has 1 fully saturated rings. The van der Waals surface area contributed by atoms with E-state index in [1.54, 1.807) is 17.7 Å². The molecule has 3 rings (SSSR count). The smallest absolute Gasteiger partial charge is 0.235 e. The molecule has 0 radical (unpaired) electrons. The first-order valence-corrected chi connectivity index (χ1v) is 6.81. The molecule has 0 spiro atoms. The lowest BCUT2D eigenvalue weighted by Crippen LogP contribution is -2.31. The van der Waals surface area contributed by atoms with Crippen LogP contribution in [0.1, 0.15) is 25.7 Å². The van der Waals surface area contributed by atoms with Crippen LogP contribution in [0, 0.1) is 0 Å². The van der Waals surface area contributed by atoms with E-state index in [1.165, 1.54) is 0 Å². The summed E-state index contributed by atoms with van der Waals surface area (Å²) >= 11 is 1.63. The van der Waals surface area contributed by atoms with E-state index >= 15 is 0 Å². The van der Waals surface area contributed by atoms with Gasteiger partial charge in [-0.3, -0.25) is 0 Å². The van der Waals surface area contributed by atoms with Gasteiger partial charge in [-0.05, 0) is 37.1 Å². The van der Waals surface area contributed by atoms with Gasteiger partial charge in [-0.25, -0.2) is 9.97 Å². The zero-order valence-corrected chi connectivity index (χ0v) is 10.3. The summed E-state index contributed by atoms with van der Waals surface area (Å²) in [6, 6.07) is 2.34. The van der Waals surface area contributed by atoms with Gasteiger partial charge in [-0.15, -0.1) is 11.3 Å². The molecule has 2 aromatic rings. The van der Waals surface area contributed by atoms with Crippen LogP contribution in [0.4, 0.5) is 0 Å². The quantitative estimate of drug-likeness (QED) is 0.887. The number of nitrogens with two attached hydrogens (primary N) is 1. The molecule has 0 bridgehead atoms. The van der Waals surface area contributed by atoms with Crippen LogP contribution < -0.4 is 10.5 Å². The number of hydrogen-bond acceptors (Lipinski definition) is 5. The lowest BCUT2D eigenvalue weighted by Gasteiger charge is -2.26. The van der Waals surface area contributed by atoms with Gasteiger partial charge in [0, 0.05) is 6.04 Å². The van der Waals surface area contributed by atoms with Crippen LogP contribution in [0.25, 0.3) is 10.2 Å². The Kier molecular flexibility index (Phi) is 2.94. The van der Waals surface area contributed by atoms with Crippen LogP contribution in [0.15, 0.2) is 17.8 Å². The van der Waals surface area contributed by atoms with E-state index in [1.807, 2.05) is 11.4 Å². The number of thiophene rings is 1. The van der Waals surface area contributed by atoms with E-state index in [4.69, 9.17) is 10.5 Å². The van der Waals surface area contributed by atoms with Gasteiger partial charge in [0.1, 0.15) is 17.1 Å². The van der Waals surface area contributed by atoms with Gasteiger partial charge < -0.3 is 10.5 Å². The maximum atomic E-state index is 5.98. The highest BCUT2D eigenvalue weighted by Gasteiger charge is 2.21. The number of rotatable bonds is 2. The van der Waals surface area contributed by atoms with E-state index in [9.17, 15) is 0 Å². The van der Waals surface area contributed by atoms with Crippen LogP contribution in [0.3, 0.4) is 0 Å². The number of hydrogen-bond donors (Lipinski definition) is 1. The SMILES string of the molecule is NC1CCC(Oc2ncnc3ccsc23)CC1. The Morgan fingerprint density at radius 1 is 1.24 bits per heavy atom. The molecule has 17 heavy (non-hydrogen) atoms.